The fourth-order valence-corrected chi connectivity index (χ4v) is 4.92. The minimum absolute atomic E-state index is 0.0807. The van der Waals surface area contributed by atoms with Crippen molar-refractivity contribution in [3.05, 3.63) is 47.2 Å². The largest absolute Gasteiger partial charge is 0.378 e. The molecule has 9 nitrogen and oxygen atoms in total. The van der Waals surface area contributed by atoms with Crippen LogP contribution in [0.5, 0.6) is 0 Å². The number of aromatic nitrogens is 2. The molecule has 3 heterocycles. The van der Waals surface area contributed by atoms with E-state index in [1.165, 1.54) is 31.5 Å². The van der Waals surface area contributed by atoms with Gasteiger partial charge >= 0.3 is 0 Å². The van der Waals surface area contributed by atoms with Gasteiger partial charge in [-0.25, -0.2) is 17.7 Å². The van der Waals surface area contributed by atoms with Gasteiger partial charge in [0.15, 0.2) is 4.96 Å². The highest BCUT2D eigenvalue weighted by Crippen LogP contribution is 2.26. The Morgan fingerprint density at radius 2 is 2.07 bits per heavy atom. The van der Waals surface area contributed by atoms with E-state index in [1.807, 2.05) is 27.1 Å². The molecule has 0 unspecified atom stereocenters. The molecule has 4 rings (SSSR count). The first-order valence-corrected chi connectivity index (χ1v) is 11.8. The molecule has 0 atom stereocenters. The topological polar surface area (TPSA) is 96.3 Å². The molecule has 0 aliphatic carbocycles. The van der Waals surface area contributed by atoms with Crippen molar-refractivity contribution in [1.29, 1.82) is 0 Å². The number of morpholine rings is 1. The normalized spacial score (nSPS) is 15.1. The van der Waals surface area contributed by atoms with Gasteiger partial charge in [-0.15, -0.1) is 11.3 Å². The Hall–Kier alpha value is -2.47. The van der Waals surface area contributed by atoms with Gasteiger partial charge in [0.1, 0.15) is 0 Å². The lowest BCUT2D eigenvalue weighted by molar-refractivity contribution is 0.0948. The van der Waals surface area contributed by atoms with Crippen molar-refractivity contribution in [1.82, 2.24) is 19.0 Å². The molecule has 1 N–H and O–H groups in total. The van der Waals surface area contributed by atoms with Crippen molar-refractivity contribution >= 4 is 37.9 Å². The molecule has 1 aliphatic heterocycles. The number of ether oxygens (including phenoxy) is 1. The Morgan fingerprint density at radius 3 is 2.77 bits per heavy atom. The predicted octanol–water partition coefficient (Wildman–Crippen LogP) is 1.41. The summed E-state index contributed by atoms with van der Waals surface area (Å²) in [6, 6.07) is 4.69. The van der Waals surface area contributed by atoms with E-state index in [1.54, 1.807) is 12.1 Å². The van der Waals surface area contributed by atoms with Gasteiger partial charge in [-0.2, -0.15) is 0 Å². The molecule has 1 amide bonds. The number of benzene rings is 1. The second kappa shape index (κ2) is 8.34. The van der Waals surface area contributed by atoms with E-state index >= 15 is 0 Å². The Bertz CT molecular complexity index is 1130. The SMILES string of the molecule is CN(C)S(=O)(=O)c1ccc(N2CCOCC2)c(C(=O)NCc2cn3ccsc3n2)c1. The fraction of sp³-hybridized carbons (Fsp3) is 0.368. The first-order chi connectivity index (χ1) is 14.4. The number of anilines is 1. The zero-order chi connectivity index (χ0) is 21.3. The van der Waals surface area contributed by atoms with Crippen LogP contribution in [0.25, 0.3) is 4.96 Å². The standard InChI is InChI=1S/C19H23N5O4S2/c1-22(2)30(26,27)15-3-4-17(23-5-8-28-9-6-23)16(11-15)18(25)20-12-14-13-24-7-10-29-19(24)21-14/h3-4,7,10-11,13H,5-6,8-9,12H2,1-2H3,(H,20,25). The molecule has 2 aromatic heterocycles. The van der Waals surface area contributed by atoms with Gasteiger partial charge in [-0.3, -0.25) is 9.20 Å². The molecule has 0 bridgehead atoms. The van der Waals surface area contributed by atoms with Crippen LogP contribution in [0.1, 0.15) is 16.1 Å². The number of carbonyl (C=O) groups excluding carboxylic acids is 1. The molecular formula is C19H23N5O4S2. The third-order valence-electron chi connectivity index (χ3n) is 4.92. The maximum Gasteiger partial charge on any atom is 0.253 e. The van der Waals surface area contributed by atoms with Crippen LogP contribution in [-0.2, 0) is 21.3 Å². The van der Waals surface area contributed by atoms with Gasteiger partial charge in [0.2, 0.25) is 10.0 Å². The Labute approximate surface area is 178 Å². The van der Waals surface area contributed by atoms with Crippen LogP contribution in [-0.4, -0.2) is 68.4 Å². The molecule has 160 valence electrons. The number of nitrogens with one attached hydrogen (secondary N) is 1. The van der Waals surface area contributed by atoms with E-state index in [-0.39, 0.29) is 17.3 Å². The molecule has 30 heavy (non-hydrogen) atoms. The van der Waals surface area contributed by atoms with Crippen LogP contribution < -0.4 is 10.2 Å². The minimum atomic E-state index is -3.66. The lowest BCUT2D eigenvalue weighted by atomic mass is 10.1. The molecule has 0 spiro atoms. The van der Waals surface area contributed by atoms with E-state index in [2.05, 4.69) is 10.3 Å². The molecule has 0 saturated carbocycles. The highest BCUT2D eigenvalue weighted by atomic mass is 32.2. The van der Waals surface area contributed by atoms with Crippen LogP contribution in [0.15, 0.2) is 40.9 Å². The molecule has 3 aromatic rings. The number of sulfonamides is 1. The van der Waals surface area contributed by atoms with E-state index in [0.717, 1.165) is 15.0 Å². The van der Waals surface area contributed by atoms with Gasteiger partial charge in [0.25, 0.3) is 5.91 Å². The number of hydrogen-bond donors (Lipinski definition) is 1. The quantitative estimate of drug-likeness (QED) is 0.611. The van der Waals surface area contributed by atoms with Crippen molar-refractivity contribution in [2.45, 2.75) is 11.4 Å². The van der Waals surface area contributed by atoms with Gasteiger partial charge in [-0.05, 0) is 18.2 Å². The van der Waals surface area contributed by atoms with Crippen LogP contribution >= 0.6 is 11.3 Å². The minimum Gasteiger partial charge on any atom is -0.378 e. The summed E-state index contributed by atoms with van der Waals surface area (Å²) in [5.74, 6) is -0.344. The average Bonchev–Trinajstić information content (AvgIpc) is 3.34. The van der Waals surface area contributed by atoms with E-state index in [4.69, 9.17) is 4.74 Å². The summed E-state index contributed by atoms with van der Waals surface area (Å²) >= 11 is 1.52. The summed E-state index contributed by atoms with van der Waals surface area (Å²) < 4.78 is 33.6. The Kier molecular flexibility index (Phi) is 5.78. The molecule has 1 aliphatic rings. The number of imidazole rings is 1. The predicted molar refractivity (Wildman–Crippen MR) is 115 cm³/mol. The van der Waals surface area contributed by atoms with Crippen LogP contribution in [0.4, 0.5) is 5.69 Å². The summed E-state index contributed by atoms with van der Waals surface area (Å²) in [4.78, 5) is 20.5. The number of nitrogens with zero attached hydrogens (tertiary/aromatic N) is 4. The van der Waals surface area contributed by atoms with Gasteiger partial charge in [-0.1, -0.05) is 0 Å². The highest BCUT2D eigenvalue weighted by molar-refractivity contribution is 7.89. The van der Waals surface area contributed by atoms with E-state index < -0.39 is 10.0 Å². The second-order valence-corrected chi connectivity index (χ2v) is 10.1. The van der Waals surface area contributed by atoms with Crippen LogP contribution in [0.2, 0.25) is 0 Å². The van der Waals surface area contributed by atoms with Crippen molar-refractivity contribution < 1.29 is 17.9 Å². The van der Waals surface area contributed by atoms with Crippen LogP contribution in [0, 0.1) is 0 Å². The van der Waals surface area contributed by atoms with Crippen molar-refractivity contribution in [3.63, 3.8) is 0 Å². The number of fused-ring (bicyclic) bond motifs is 1. The van der Waals surface area contributed by atoms with Crippen molar-refractivity contribution in [2.75, 3.05) is 45.3 Å². The number of thiazole rings is 1. The monoisotopic (exact) mass is 449 g/mol. The number of carbonyl (C=O) groups is 1. The lowest BCUT2D eigenvalue weighted by Gasteiger charge is -2.30. The third-order valence-corrected chi connectivity index (χ3v) is 7.50. The second-order valence-electron chi connectivity index (χ2n) is 7.07. The highest BCUT2D eigenvalue weighted by Gasteiger charge is 2.24. The molecule has 0 radical (unpaired) electrons. The number of hydrogen-bond acceptors (Lipinski definition) is 7. The summed E-state index contributed by atoms with van der Waals surface area (Å²) in [7, 11) is -0.726. The lowest BCUT2D eigenvalue weighted by Crippen LogP contribution is -2.38. The third kappa shape index (κ3) is 4.06. The average molecular weight is 450 g/mol. The first-order valence-electron chi connectivity index (χ1n) is 9.45. The zero-order valence-electron chi connectivity index (χ0n) is 16.7. The maximum atomic E-state index is 13.1. The van der Waals surface area contributed by atoms with E-state index in [0.29, 0.717) is 37.6 Å². The van der Waals surface area contributed by atoms with Gasteiger partial charge < -0.3 is 15.0 Å². The summed E-state index contributed by atoms with van der Waals surface area (Å²) in [5.41, 5.74) is 1.75. The molecule has 1 fully saturated rings. The maximum absolute atomic E-state index is 13.1. The van der Waals surface area contributed by atoms with Gasteiger partial charge in [0.05, 0.1) is 35.9 Å². The van der Waals surface area contributed by atoms with E-state index in [9.17, 15) is 13.2 Å². The molecular weight excluding hydrogens is 426 g/mol. The van der Waals surface area contributed by atoms with Crippen LogP contribution in [0.3, 0.4) is 0 Å². The molecule has 11 heteroatoms. The molecule has 1 saturated heterocycles. The fourth-order valence-electron chi connectivity index (χ4n) is 3.28. The number of amides is 1. The summed E-state index contributed by atoms with van der Waals surface area (Å²) in [5, 5.41) is 4.82. The van der Waals surface area contributed by atoms with Gasteiger partial charge in [0, 0.05) is 50.6 Å². The van der Waals surface area contributed by atoms with Crippen molar-refractivity contribution in [2.24, 2.45) is 0 Å². The summed E-state index contributed by atoms with van der Waals surface area (Å²) in [6.45, 7) is 2.64. The number of rotatable bonds is 6. The molecule has 1 aromatic carbocycles. The van der Waals surface area contributed by atoms with Crippen molar-refractivity contribution in [3.8, 4) is 0 Å². The smallest absolute Gasteiger partial charge is 0.253 e. The summed E-state index contributed by atoms with van der Waals surface area (Å²) in [6.07, 6.45) is 3.77. The zero-order valence-corrected chi connectivity index (χ0v) is 18.4. The Balaban J connectivity index is 1.63. The first kappa shape index (κ1) is 20.8. The Morgan fingerprint density at radius 1 is 1.30 bits per heavy atom.